The molecule has 42 heavy (non-hydrogen) atoms. The van der Waals surface area contributed by atoms with Gasteiger partial charge in [-0.3, -0.25) is 9.36 Å². The molecule has 11 nitrogen and oxygen atoms in total. The van der Waals surface area contributed by atoms with Gasteiger partial charge < -0.3 is 18.6 Å². The number of ether oxygens (including phenoxy) is 3. The Kier molecular flexibility index (Phi) is 7.81. The van der Waals surface area contributed by atoms with Crippen molar-refractivity contribution in [3.63, 3.8) is 0 Å². The van der Waals surface area contributed by atoms with Crippen molar-refractivity contribution in [2.45, 2.75) is 26.8 Å². The molecule has 4 aromatic rings. The first-order chi connectivity index (χ1) is 20.2. The number of carbonyl (C=O) groups is 1. The van der Waals surface area contributed by atoms with Crippen LogP contribution < -0.4 is 24.4 Å². The number of nitrogens with zero attached hydrogens (tertiary/aromatic N) is 3. The number of furan rings is 1. The van der Waals surface area contributed by atoms with Crippen LogP contribution in [0.3, 0.4) is 0 Å². The summed E-state index contributed by atoms with van der Waals surface area (Å²) in [5, 5.41) is 9.31. The number of benzene rings is 2. The molecule has 0 fully saturated rings. The summed E-state index contributed by atoms with van der Waals surface area (Å²) < 4.78 is 24.0. The topological polar surface area (TPSA) is 133 Å². The van der Waals surface area contributed by atoms with Gasteiger partial charge in [-0.25, -0.2) is 15.0 Å². The maximum Gasteiger partial charge on any atom is 0.338 e. The van der Waals surface area contributed by atoms with Gasteiger partial charge in [0.05, 0.1) is 47.6 Å². The lowest BCUT2D eigenvalue weighted by atomic mass is 9.95. The summed E-state index contributed by atoms with van der Waals surface area (Å²) in [6, 6.07) is 12.5. The van der Waals surface area contributed by atoms with E-state index in [9.17, 15) is 19.7 Å². The van der Waals surface area contributed by atoms with Crippen LogP contribution >= 0.6 is 11.3 Å². The highest BCUT2D eigenvalue weighted by Gasteiger charge is 2.34. The molecule has 3 heterocycles. The Hall–Kier alpha value is -4.97. The molecule has 5 rings (SSSR count). The quantitative estimate of drug-likeness (QED) is 0.239. The lowest BCUT2D eigenvalue weighted by Gasteiger charge is -2.25. The van der Waals surface area contributed by atoms with Crippen molar-refractivity contribution >= 4 is 29.1 Å². The van der Waals surface area contributed by atoms with Crippen LogP contribution in [0.25, 0.3) is 17.4 Å². The van der Waals surface area contributed by atoms with Crippen molar-refractivity contribution in [1.29, 1.82) is 0 Å². The zero-order valence-electron chi connectivity index (χ0n) is 23.5. The SMILES string of the molecule is CCOC(=O)C1=C(C)N=c2s/c(=C\c3ccc(-c4cc([N+](=O)O)ccc4C)o3)c(=O)n2C1c1ccc(OC)c(OC)c1. The number of aromatic nitrogens is 1. The largest absolute Gasteiger partial charge is 0.493 e. The van der Waals surface area contributed by atoms with Crippen LogP contribution in [0.2, 0.25) is 0 Å². The molecule has 0 spiro atoms. The fraction of sp³-hybridized carbons (Fsp3) is 0.233. The molecule has 2 aromatic heterocycles. The minimum absolute atomic E-state index is 0.0600. The van der Waals surface area contributed by atoms with Crippen molar-refractivity contribution in [1.82, 2.24) is 4.57 Å². The first-order valence-corrected chi connectivity index (χ1v) is 13.8. The fourth-order valence-corrected chi connectivity index (χ4v) is 5.86. The second-order valence-corrected chi connectivity index (χ2v) is 10.4. The molecule has 0 bridgehead atoms. The highest BCUT2D eigenvalue weighted by atomic mass is 32.1. The van der Waals surface area contributed by atoms with Crippen molar-refractivity contribution < 1.29 is 33.6 Å². The van der Waals surface area contributed by atoms with E-state index in [4.69, 9.17) is 18.6 Å². The molecule has 1 unspecified atom stereocenters. The highest BCUT2D eigenvalue weighted by Crippen LogP contribution is 2.36. The van der Waals surface area contributed by atoms with E-state index in [0.29, 0.717) is 49.2 Å². The van der Waals surface area contributed by atoms with Gasteiger partial charge in [0.1, 0.15) is 11.5 Å². The zero-order valence-corrected chi connectivity index (χ0v) is 24.4. The molecule has 1 aliphatic rings. The number of fused-ring (bicyclic) bond motifs is 1. The number of carbonyl (C=O) groups excluding carboxylic acids is 1. The minimum Gasteiger partial charge on any atom is -0.493 e. The number of esters is 1. The monoisotopic (exact) mass is 590 g/mol. The molecule has 0 amide bonds. The van der Waals surface area contributed by atoms with Crippen molar-refractivity contribution in [2.75, 3.05) is 20.8 Å². The van der Waals surface area contributed by atoms with Crippen LogP contribution in [-0.4, -0.2) is 41.5 Å². The van der Waals surface area contributed by atoms with Gasteiger partial charge >= 0.3 is 11.7 Å². The molecule has 2 aromatic carbocycles. The van der Waals surface area contributed by atoms with Gasteiger partial charge in [0.15, 0.2) is 16.3 Å². The lowest BCUT2D eigenvalue weighted by molar-refractivity contribution is -0.729. The molecule has 216 valence electrons. The molecule has 1 aliphatic heterocycles. The summed E-state index contributed by atoms with van der Waals surface area (Å²) in [5.41, 5.74) is 2.44. The average Bonchev–Trinajstić information content (AvgIpc) is 3.56. The Labute approximate surface area is 243 Å². The molecule has 0 saturated carbocycles. The minimum atomic E-state index is -0.826. The number of methoxy groups -OCH3 is 2. The number of thiazole rings is 1. The van der Waals surface area contributed by atoms with E-state index in [1.807, 2.05) is 6.92 Å². The summed E-state index contributed by atoms with van der Waals surface area (Å²) in [6.45, 7) is 5.43. The van der Waals surface area contributed by atoms with Crippen molar-refractivity contribution in [3.05, 3.63) is 101 Å². The zero-order chi connectivity index (χ0) is 30.1. The summed E-state index contributed by atoms with van der Waals surface area (Å²) in [4.78, 5) is 43.2. The Morgan fingerprint density at radius 3 is 2.57 bits per heavy atom. The van der Waals surface area contributed by atoms with E-state index in [-0.39, 0.29) is 28.3 Å². The number of aryl methyl sites for hydroxylation is 1. The maximum atomic E-state index is 13.9. The van der Waals surface area contributed by atoms with Crippen LogP contribution in [0.1, 0.15) is 36.8 Å². The van der Waals surface area contributed by atoms with Gasteiger partial charge in [0.25, 0.3) is 10.5 Å². The number of hydrogen-bond acceptors (Lipinski definition) is 9. The van der Waals surface area contributed by atoms with Crippen LogP contribution in [0.15, 0.2) is 74.0 Å². The summed E-state index contributed by atoms with van der Waals surface area (Å²) in [7, 11) is 3.04. The first kappa shape index (κ1) is 28.6. The second-order valence-electron chi connectivity index (χ2n) is 9.39. The van der Waals surface area contributed by atoms with E-state index in [0.717, 1.165) is 16.9 Å². The molecule has 0 saturated heterocycles. The Balaban J connectivity index is 1.65. The number of hydrogen-bond donors (Lipinski definition) is 1. The predicted octanol–water partition coefficient (Wildman–Crippen LogP) is 4.18. The molecule has 1 atom stereocenters. The lowest BCUT2D eigenvalue weighted by Crippen LogP contribution is -2.39. The van der Waals surface area contributed by atoms with Gasteiger partial charge in [-0.1, -0.05) is 23.5 Å². The third-order valence-electron chi connectivity index (χ3n) is 6.85. The maximum absolute atomic E-state index is 13.9. The Morgan fingerprint density at radius 1 is 1.12 bits per heavy atom. The van der Waals surface area contributed by atoms with E-state index < -0.39 is 12.0 Å². The smallest absolute Gasteiger partial charge is 0.338 e. The summed E-state index contributed by atoms with van der Waals surface area (Å²) in [6.07, 6.45) is 1.60. The Morgan fingerprint density at radius 2 is 1.88 bits per heavy atom. The third-order valence-corrected chi connectivity index (χ3v) is 7.83. The van der Waals surface area contributed by atoms with E-state index in [1.165, 1.54) is 30.9 Å². The first-order valence-electron chi connectivity index (χ1n) is 12.9. The van der Waals surface area contributed by atoms with Gasteiger partial charge in [-0.05, 0) is 56.2 Å². The van der Waals surface area contributed by atoms with Crippen molar-refractivity contribution in [3.8, 4) is 22.8 Å². The highest BCUT2D eigenvalue weighted by molar-refractivity contribution is 7.07. The van der Waals surface area contributed by atoms with Crippen LogP contribution in [0.4, 0.5) is 5.69 Å². The fourth-order valence-electron chi connectivity index (χ4n) is 4.83. The standard InChI is InChI=1S/C30H28N3O8S/c1-6-40-29(35)26-17(3)31-30-32(27(26)18-8-11-23(38-4)24(13-18)39-5)28(34)25(42-30)15-20-10-12-22(41-20)21-14-19(33(36)37)9-7-16(21)2/h7-15,27H,6H2,1-5H3,(H,36,37)/q+1/b25-15-. The predicted molar refractivity (Wildman–Crippen MR) is 154 cm³/mol. The van der Waals surface area contributed by atoms with Gasteiger partial charge in [0, 0.05) is 23.8 Å². The van der Waals surface area contributed by atoms with Crippen LogP contribution in [0.5, 0.6) is 11.5 Å². The summed E-state index contributed by atoms with van der Waals surface area (Å²) in [5.74, 6) is 1.23. The van der Waals surface area contributed by atoms with Crippen molar-refractivity contribution in [2.24, 2.45) is 4.99 Å². The normalized spacial score (nSPS) is 14.8. The molecule has 12 heteroatoms. The molecule has 1 N–H and O–H groups in total. The van der Waals surface area contributed by atoms with Crippen LogP contribution in [0, 0.1) is 11.8 Å². The molecular formula is C30H28N3O8S+. The molecule has 0 radical (unpaired) electrons. The van der Waals surface area contributed by atoms with E-state index in [2.05, 4.69) is 4.99 Å². The van der Waals surface area contributed by atoms with E-state index in [1.54, 1.807) is 56.3 Å². The molecule has 0 aliphatic carbocycles. The third kappa shape index (κ3) is 5.12. The summed E-state index contributed by atoms with van der Waals surface area (Å²) >= 11 is 1.16. The average molecular weight is 591 g/mol. The second kappa shape index (κ2) is 11.5. The molecular weight excluding hydrogens is 562 g/mol. The number of rotatable bonds is 8. The Bertz CT molecular complexity index is 1930. The van der Waals surface area contributed by atoms with Gasteiger partial charge in [0.2, 0.25) is 0 Å². The van der Waals surface area contributed by atoms with Gasteiger partial charge in [-0.2, -0.15) is 0 Å². The van der Waals surface area contributed by atoms with Crippen LogP contribution in [-0.2, 0) is 9.53 Å². The van der Waals surface area contributed by atoms with Gasteiger partial charge in [-0.15, -0.1) is 0 Å². The number of allylic oxidation sites excluding steroid dienone is 1. The van der Waals surface area contributed by atoms with E-state index >= 15 is 0 Å².